The molecule has 0 aromatic carbocycles. The molecule has 4 heteroatoms. The largest absolute Gasteiger partial charge is 0.296 e. The average molecular weight is 250 g/mol. The number of halogens is 1. The van der Waals surface area contributed by atoms with Crippen molar-refractivity contribution in [1.82, 2.24) is 4.98 Å². The Morgan fingerprint density at radius 3 is 3.06 bits per heavy atom. The molecule has 2 rings (SSSR count). The zero-order valence-electron chi connectivity index (χ0n) is 10.7. The highest BCUT2D eigenvalue weighted by molar-refractivity contribution is 5.96. The Hall–Kier alpha value is -1.45. The number of hydrogen-bond donors (Lipinski definition) is 0. The molecule has 1 fully saturated rings. The molecule has 0 aliphatic carbocycles. The van der Waals surface area contributed by atoms with Crippen LogP contribution in [-0.2, 0) is 4.79 Å². The summed E-state index contributed by atoms with van der Waals surface area (Å²) < 4.78 is 13.1. The van der Waals surface area contributed by atoms with Crippen LogP contribution in [0.5, 0.6) is 0 Å². The number of unbranched alkanes of at least 4 members (excludes halogenated alkanes) is 2. The van der Waals surface area contributed by atoms with E-state index in [1.54, 1.807) is 4.90 Å². The summed E-state index contributed by atoms with van der Waals surface area (Å²) >= 11 is 0. The SMILES string of the molecule is CCCCCC1CCN(c2cc(F)ccn2)C1=O. The molecule has 18 heavy (non-hydrogen) atoms. The number of carbonyl (C=O) groups excluding carboxylic acids is 1. The first kappa shape index (κ1) is 13.0. The number of nitrogens with zero attached hydrogens (tertiary/aromatic N) is 2. The summed E-state index contributed by atoms with van der Waals surface area (Å²) in [6.45, 7) is 2.81. The van der Waals surface area contributed by atoms with E-state index in [1.165, 1.54) is 24.8 Å². The lowest BCUT2D eigenvalue weighted by Gasteiger charge is -2.15. The molecule has 1 aromatic heterocycles. The quantitative estimate of drug-likeness (QED) is 0.752. The predicted octanol–water partition coefficient (Wildman–Crippen LogP) is 3.15. The molecule has 0 radical (unpaired) electrons. The van der Waals surface area contributed by atoms with E-state index in [-0.39, 0.29) is 17.6 Å². The van der Waals surface area contributed by atoms with Crippen molar-refractivity contribution < 1.29 is 9.18 Å². The minimum atomic E-state index is -0.345. The van der Waals surface area contributed by atoms with Gasteiger partial charge in [0.2, 0.25) is 5.91 Å². The van der Waals surface area contributed by atoms with Gasteiger partial charge >= 0.3 is 0 Å². The third-order valence-electron chi connectivity index (χ3n) is 3.46. The molecule has 0 saturated carbocycles. The molecular formula is C14H19FN2O. The fourth-order valence-corrected chi connectivity index (χ4v) is 2.42. The van der Waals surface area contributed by atoms with Gasteiger partial charge in [0.05, 0.1) is 0 Å². The Kier molecular flexibility index (Phi) is 4.28. The first-order valence-electron chi connectivity index (χ1n) is 6.65. The number of anilines is 1. The van der Waals surface area contributed by atoms with E-state index in [4.69, 9.17) is 0 Å². The van der Waals surface area contributed by atoms with Crippen molar-refractivity contribution >= 4 is 11.7 Å². The zero-order chi connectivity index (χ0) is 13.0. The summed E-state index contributed by atoms with van der Waals surface area (Å²) in [6, 6.07) is 2.62. The van der Waals surface area contributed by atoms with Gasteiger partial charge in [-0.1, -0.05) is 26.2 Å². The van der Waals surface area contributed by atoms with E-state index in [9.17, 15) is 9.18 Å². The van der Waals surface area contributed by atoms with Gasteiger partial charge < -0.3 is 0 Å². The van der Waals surface area contributed by atoms with Crippen LogP contribution in [0.1, 0.15) is 39.0 Å². The number of rotatable bonds is 5. The fourth-order valence-electron chi connectivity index (χ4n) is 2.42. The van der Waals surface area contributed by atoms with E-state index in [2.05, 4.69) is 11.9 Å². The Labute approximate surface area is 107 Å². The Morgan fingerprint density at radius 1 is 1.50 bits per heavy atom. The van der Waals surface area contributed by atoms with Crippen molar-refractivity contribution in [2.75, 3.05) is 11.4 Å². The van der Waals surface area contributed by atoms with Crippen LogP contribution in [0, 0.1) is 11.7 Å². The standard InChI is InChI=1S/C14H19FN2O/c1-2-3-4-5-11-7-9-17(14(11)18)13-10-12(15)6-8-16-13/h6,8,10-11H,2-5,7,9H2,1H3. The topological polar surface area (TPSA) is 33.2 Å². The second-order valence-corrected chi connectivity index (χ2v) is 4.80. The van der Waals surface area contributed by atoms with Crippen LogP contribution < -0.4 is 4.90 Å². The van der Waals surface area contributed by atoms with Gasteiger partial charge in [0.25, 0.3) is 0 Å². The average Bonchev–Trinajstić information content (AvgIpc) is 2.72. The van der Waals surface area contributed by atoms with Crippen molar-refractivity contribution in [3.05, 3.63) is 24.1 Å². The molecule has 0 N–H and O–H groups in total. The van der Waals surface area contributed by atoms with Gasteiger partial charge in [0.15, 0.2) is 0 Å². The fraction of sp³-hybridized carbons (Fsp3) is 0.571. The second-order valence-electron chi connectivity index (χ2n) is 4.80. The third-order valence-corrected chi connectivity index (χ3v) is 3.46. The van der Waals surface area contributed by atoms with Gasteiger partial charge in [0, 0.05) is 24.7 Å². The molecule has 0 bridgehead atoms. The maximum Gasteiger partial charge on any atom is 0.231 e. The monoisotopic (exact) mass is 250 g/mol. The van der Waals surface area contributed by atoms with Crippen molar-refractivity contribution in [2.24, 2.45) is 5.92 Å². The predicted molar refractivity (Wildman–Crippen MR) is 68.8 cm³/mol. The van der Waals surface area contributed by atoms with Crippen LogP contribution in [-0.4, -0.2) is 17.4 Å². The molecule has 1 aliphatic rings. The maximum atomic E-state index is 13.1. The van der Waals surface area contributed by atoms with Gasteiger partial charge in [-0.15, -0.1) is 0 Å². The number of aromatic nitrogens is 1. The number of amides is 1. The number of hydrogen-bond acceptors (Lipinski definition) is 2. The lowest BCUT2D eigenvalue weighted by molar-refractivity contribution is -0.120. The summed E-state index contributed by atoms with van der Waals surface area (Å²) in [5.74, 6) is 0.297. The first-order valence-corrected chi connectivity index (χ1v) is 6.65. The molecule has 1 unspecified atom stereocenters. The molecule has 0 spiro atoms. The van der Waals surface area contributed by atoms with E-state index in [0.29, 0.717) is 12.4 Å². The normalized spacial score (nSPS) is 19.6. The summed E-state index contributed by atoms with van der Waals surface area (Å²) in [5.41, 5.74) is 0. The summed E-state index contributed by atoms with van der Waals surface area (Å²) in [7, 11) is 0. The van der Waals surface area contributed by atoms with Gasteiger partial charge in [-0.05, 0) is 18.9 Å². The van der Waals surface area contributed by atoms with Crippen LogP contribution in [0.4, 0.5) is 10.2 Å². The van der Waals surface area contributed by atoms with E-state index < -0.39 is 0 Å². The Morgan fingerprint density at radius 2 is 2.33 bits per heavy atom. The minimum Gasteiger partial charge on any atom is -0.296 e. The van der Waals surface area contributed by atoms with Gasteiger partial charge in [0.1, 0.15) is 11.6 Å². The molecule has 1 saturated heterocycles. The van der Waals surface area contributed by atoms with E-state index in [0.717, 1.165) is 25.7 Å². The van der Waals surface area contributed by atoms with Crippen molar-refractivity contribution in [3.8, 4) is 0 Å². The van der Waals surface area contributed by atoms with Crippen molar-refractivity contribution in [3.63, 3.8) is 0 Å². The Balaban J connectivity index is 1.98. The first-order chi connectivity index (χ1) is 8.72. The second kappa shape index (κ2) is 5.94. The van der Waals surface area contributed by atoms with Crippen LogP contribution >= 0.6 is 0 Å². The highest BCUT2D eigenvalue weighted by atomic mass is 19.1. The molecule has 1 amide bonds. The van der Waals surface area contributed by atoms with Crippen molar-refractivity contribution in [1.29, 1.82) is 0 Å². The zero-order valence-corrected chi connectivity index (χ0v) is 10.7. The molecule has 1 atom stereocenters. The smallest absolute Gasteiger partial charge is 0.231 e. The minimum absolute atomic E-state index is 0.0987. The van der Waals surface area contributed by atoms with Gasteiger partial charge in [-0.25, -0.2) is 9.37 Å². The van der Waals surface area contributed by atoms with Crippen LogP contribution in [0.15, 0.2) is 18.3 Å². The maximum absolute atomic E-state index is 13.1. The molecule has 98 valence electrons. The highest BCUT2D eigenvalue weighted by Gasteiger charge is 2.32. The molecule has 2 heterocycles. The summed E-state index contributed by atoms with van der Waals surface area (Å²) in [4.78, 5) is 17.9. The van der Waals surface area contributed by atoms with E-state index in [1.807, 2.05) is 0 Å². The summed E-state index contributed by atoms with van der Waals surface area (Å²) in [6.07, 6.45) is 6.64. The highest BCUT2D eigenvalue weighted by Crippen LogP contribution is 2.27. The number of carbonyl (C=O) groups is 1. The van der Waals surface area contributed by atoms with Gasteiger partial charge in [-0.3, -0.25) is 9.69 Å². The van der Waals surface area contributed by atoms with E-state index >= 15 is 0 Å². The van der Waals surface area contributed by atoms with Crippen LogP contribution in [0.3, 0.4) is 0 Å². The lowest BCUT2D eigenvalue weighted by atomic mass is 10.0. The van der Waals surface area contributed by atoms with Crippen LogP contribution in [0.2, 0.25) is 0 Å². The third kappa shape index (κ3) is 2.86. The molecule has 3 nitrogen and oxygen atoms in total. The molecule has 1 aliphatic heterocycles. The molecular weight excluding hydrogens is 231 g/mol. The van der Waals surface area contributed by atoms with Gasteiger partial charge in [-0.2, -0.15) is 0 Å². The molecule has 1 aromatic rings. The van der Waals surface area contributed by atoms with Crippen LogP contribution in [0.25, 0.3) is 0 Å². The summed E-state index contributed by atoms with van der Waals surface area (Å²) in [5, 5.41) is 0. The number of pyridine rings is 1. The lowest BCUT2D eigenvalue weighted by Crippen LogP contribution is -2.27. The van der Waals surface area contributed by atoms with Crippen molar-refractivity contribution in [2.45, 2.75) is 39.0 Å². The Bertz CT molecular complexity index is 422.